The quantitative estimate of drug-likeness (QED) is 0.505. The van der Waals surface area contributed by atoms with E-state index in [2.05, 4.69) is 43.4 Å². The van der Waals surface area contributed by atoms with E-state index in [0.717, 1.165) is 6.54 Å². The maximum atomic E-state index is 6.14. The Morgan fingerprint density at radius 3 is 2.33 bits per heavy atom. The lowest BCUT2D eigenvalue weighted by atomic mass is 9.94. The van der Waals surface area contributed by atoms with Gasteiger partial charge in [0.1, 0.15) is 0 Å². The fraction of sp³-hybridized carbons (Fsp3) is 0.625. The van der Waals surface area contributed by atoms with Gasteiger partial charge in [0, 0.05) is 5.88 Å². The zero-order valence-electron chi connectivity index (χ0n) is 11.7. The van der Waals surface area contributed by atoms with Crippen LogP contribution in [0.25, 0.3) is 0 Å². The zero-order chi connectivity index (χ0) is 13.3. The van der Waals surface area contributed by atoms with Gasteiger partial charge >= 0.3 is 0 Å². The van der Waals surface area contributed by atoms with Crippen LogP contribution in [-0.4, -0.2) is 12.4 Å². The molecule has 0 aliphatic heterocycles. The van der Waals surface area contributed by atoms with E-state index < -0.39 is 0 Å². The standard InChI is InChI=1S/C16H26ClN/c1-3-4-5-6-10-13-18-16(2,14-17)15-11-8-7-9-12-15/h7-9,11-12,18H,3-6,10,13-14H2,1-2H3. The van der Waals surface area contributed by atoms with Crippen molar-refractivity contribution in [1.82, 2.24) is 5.32 Å². The third kappa shape index (κ3) is 4.99. The fourth-order valence-electron chi connectivity index (χ4n) is 2.13. The Morgan fingerprint density at radius 1 is 1.06 bits per heavy atom. The number of benzene rings is 1. The molecule has 0 spiro atoms. The highest BCUT2D eigenvalue weighted by molar-refractivity contribution is 6.18. The van der Waals surface area contributed by atoms with Gasteiger partial charge in [0.2, 0.25) is 0 Å². The summed E-state index contributed by atoms with van der Waals surface area (Å²) in [4.78, 5) is 0. The smallest absolute Gasteiger partial charge is 0.0543 e. The molecule has 1 atom stereocenters. The van der Waals surface area contributed by atoms with E-state index in [0.29, 0.717) is 5.88 Å². The molecule has 1 rings (SSSR count). The number of hydrogen-bond acceptors (Lipinski definition) is 1. The summed E-state index contributed by atoms with van der Waals surface area (Å²) in [7, 11) is 0. The van der Waals surface area contributed by atoms with E-state index in [4.69, 9.17) is 11.6 Å². The normalized spacial score (nSPS) is 14.4. The maximum absolute atomic E-state index is 6.14. The number of halogens is 1. The Balaban J connectivity index is 2.37. The minimum atomic E-state index is -0.104. The first kappa shape index (κ1) is 15.5. The summed E-state index contributed by atoms with van der Waals surface area (Å²) >= 11 is 6.14. The summed E-state index contributed by atoms with van der Waals surface area (Å²) in [5.41, 5.74) is 1.17. The lowest BCUT2D eigenvalue weighted by Crippen LogP contribution is -2.41. The van der Waals surface area contributed by atoms with Crippen molar-refractivity contribution in [1.29, 1.82) is 0 Å². The first-order chi connectivity index (χ1) is 8.73. The van der Waals surface area contributed by atoms with Crippen molar-refractivity contribution in [2.45, 2.75) is 51.5 Å². The Morgan fingerprint density at radius 2 is 1.72 bits per heavy atom. The zero-order valence-corrected chi connectivity index (χ0v) is 12.5. The molecule has 0 saturated heterocycles. The number of alkyl halides is 1. The van der Waals surface area contributed by atoms with Gasteiger partial charge in [0.25, 0.3) is 0 Å². The van der Waals surface area contributed by atoms with Crippen molar-refractivity contribution >= 4 is 11.6 Å². The van der Waals surface area contributed by atoms with Gasteiger partial charge in [-0.25, -0.2) is 0 Å². The number of hydrogen-bond donors (Lipinski definition) is 1. The lowest BCUT2D eigenvalue weighted by molar-refractivity contribution is 0.400. The van der Waals surface area contributed by atoms with Crippen LogP contribution in [0.15, 0.2) is 30.3 Å². The van der Waals surface area contributed by atoms with Gasteiger partial charge in [0.15, 0.2) is 0 Å². The summed E-state index contributed by atoms with van der Waals surface area (Å²) in [5, 5.41) is 3.61. The molecule has 0 radical (unpaired) electrons. The van der Waals surface area contributed by atoms with Crippen LogP contribution in [-0.2, 0) is 5.54 Å². The van der Waals surface area contributed by atoms with Crippen LogP contribution in [0.5, 0.6) is 0 Å². The molecular formula is C16H26ClN. The van der Waals surface area contributed by atoms with Crippen molar-refractivity contribution in [3.63, 3.8) is 0 Å². The van der Waals surface area contributed by atoms with Crippen LogP contribution >= 0.6 is 11.6 Å². The molecule has 1 nitrogen and oxygen atoms in total. The van der Waals surface area contributed by atoms with E-state index >= 15 is 0 Å². The third-order valence-corrected chi connectivity index (χ3v) is 4.01. The third-order valence-electron chi connectivity index (χ3n) is 3.47. The first-order valence-electron chi connectivity index (χ1n) is 7.09. The van der Waals surface area contributed by atoms with Crippen LogP contribution in [0.2, 0.25) is 0 Å². The van der Waals surface area contributed by atoms with Crippen molar-refractivity contribution in [3.05, 3.63) is 35.9 Å². The highest BCUT2D eigenvalue weighted by atomic mass is 35.5. The SMILES string of the molecule is CCCCCCCNC(C)(CCl)c1ccccc1. The second-order valence-electron chi connectivity index (χ2n) is 5.17. The molecule has 0 aromatic heterocycles. The summed E-state index contributed by atoms with van der Waals surface area (Å²) in [6.07, 6.45) is 6.55. The molecule has 18 heavy (non-hydrogen) atoms. The Bertz CT molecular complexity index is 312. The highest BCUT2D eigenvalue weighted by Crippen LogP contribution is 2.22. The molecule has 102 valence electrons. The van der Waals surface area contributed by atoms with Crippen LogP contribution < -0.4 is 5.32 Å². The Kier molecular flexibility index (Phi) is 7.38. The van der Waals surface area contributed by atoms with Gasteiger partial charge < -0.3 is 5.32 Å². The average molecular weight is 268 g/mol. The predicted molar refractivity (Wildman–Crippen MR) is 81.3 cm³/mol. The van der Waals surface area contributed by atoms with E-state index in [-0.39, 0.29) is 5.54 Å². The molecule has 0 heterocycles. The molecule has 1 aromatic carbocycles. The highest BCUT2D eigenvalue weighted by Gasteiger charge is 2.23. The van der Waals surface area contributed by atoms with Crippen LogP contribution in [0.1, 0.15) is 51.5 Å². The van der Waals surface area contributed by atoms with Crippen molar-refractivity contribution in [2.24, 2.45) is 0 Å². The molecule has 0 amide bonds. The number of unbranched alkanes of at least 4 members (excludes halogenated alkanes) is 4. The second kappa shape index (κ2) is 8.55. The molecule has 2 heteroatoms. The molecule has 0 fully saturated rings. The summed E-state index contributed by atoms with van der Waals surface area (Å²) in [6, 6.07) is 10.5. The van der Waals surface area contributed by atoms with Gasteiger partial charge in [-0.3, -0.25) is 0 Å². The molecular weight excluding hydrogens is 242 g/mol. The van der Waals surface area contributed by atoms with Crippen LogP contribution in [0.4, 0.5) is 0 Å². The van der Waals surface area contributed by atoms with Crippen molar-refractivity contribution in [2.75, 3.05) is 12.4 Å². The fourth-order valence-corrected chi connectivity index (χ4v) is 2.37. The topological polar surface area (TPSA) is 12.0 Å². The summed E-state index contributed by atoms with van der Waals surface area (Å²) in [6.45, 7) is 5.47. The van der Waals surface area contributed by atoms with Crippen molar-refractivity contribution < 1.29 is 0 Å². The Labute approximate surface area is 117 Å². The first-order valence-corrected chi connectivity index (χ1v) is 7.63. The van der Waals surface area contributed by atoms with Crippen molar-refractivity contribution in [3.8, 4) is 0 Å². The monoisotopic (exact) mass is 267 g/mol. The molecule has 0 aliphatic carbocycles. The second-order valence-corrected chi connectivity index (χ2v) is 5.44. The minimum Gasteiger partial charge on any atom is -0.307 e. The van der Waals surface area contributed by atoms with Crippen LogP contribution in [0, 0.1) is 0 Å². The lowest BCUT2D eigenvalue weighted by Gasteiger charge is -2.29. The van der Waals surface area contributed by atoms with E-state index in [1.54, 1.807) is 0 Å². The molecule has 0 bridgehead atoms. The number of rotatable bonds is 9. The van der Waals surface area contributed by atoms with Gasteiger partial charge in [0.05, 0.1) is 5.54 Å². The molecule has 0 aliphatic rings. The maximum Gasteiger partial charge on any atom is 0.0543 e. The van der Waals surface area contributed by atoms with Gasteiger partial charge in [-0.2, -0.15) is 0 Å². The minimum absolute atomic E-state index is 0.104. The van der Waals surface area contributed by atoms with E-state index in [1.807, 2.05) is 6.07 Å². The summed E-state index contributed by atoms with van der Waals surface area (Å²) < 4.78 is 0. The predicted octanol–water partition coefficient (Wildman–Crippen LogP) is 4.70. The van der Waals surface area contributed by atoms with E-state index in [1.165, 1.54) is 37.7 Å². The van der Waals surface area contributed by atoms with E-state index in [9.17, 15) is 0 Å². The molecule has 0 saturated carbocycles. The molecule has 1 unspecified atom stereocenters. The Hall–Kier alpha value is -0.530. The summed E-state index contributed by atoms with van der Waals surface area (Å²) in [5.74, 6) is 0.603. The van der Waals surface area contributed by atoms with Gasteiger partial charge in [-0.1, -0.05) is 62.9 Å². The molecule has 1 N–H and O–H groups in total. The van der Waals surface area contributed by atoms with Gasteiger partial charge in [-0.15, -0.1) is 11.6 Å². The van der Waals surface area contributed by atoms with Gasteiger partial charge in [-0.05, 0) is 25.5 Å². The molecule has 1 aromatic rings. The average Bonchev–Trinajstić information content (AvgIpc) is 2.43. The van der Waals surface area contributed by atoms with Crippen LogP contribution in [0.3, 0.4) is 0 Å². The number of nitrogens with one attached hydrogen (secondary N) is 1. The largest absolute Gasteiger partial charge is 0.307 e.